The minimum absolute atomic E-state index is 0.0662. The summed E-state index contributed by atoms with van der Waals surface area (Å²) in [6.07, 6.45) is 1.75. The van der Waals surface area contributed by atoms with E-state index >= 15 is 0 Å². The molecule has 1 aliphatic heterocycles. The zero-order valence-electron chi connectivity index (χ0n) is 11.3. The number of rotatable bonds is 4. The first-order valence-electron chi connectivity index (χ1n) is 6.44. The molecule has 0 unspecified atom stereocenters. The number of aromatic amines is 1. The molecule has 0 atom stereocenters. The summed E-state index contributed by atoms with van der Waals surface area (Å²) in [7, 11) is 0. The summed E-state index contributed by atoms with van der Waals surface area (Å²) in [6.45, 7) is 8.25. The van der Waals surface area contributed by atoms with E-state index in [0.717, 1.165) is 30.8 Å². The monoisotopic (exact) mass is 329 g/mol. The van der Waals surface area contributed by atoms with Crippen LogP contribution < -0.4 is 5.32 Å². The van der Waals surface area contributed by atoms with Crippen molar-refractivity contribution in [2.45, 2.75) is 19.4 Å². The van der Waals surface area contributed by atoms with Gasteiger partial charge in [-0.25, -0.2) is 0 Å². The molecular formula is C13H20BrN3O2. The first-order valence-corrected chi connectivity index (χ1v) is 7.23. The van der Waals surface area contributed by atoms with E-state index in [0.29, 0.717) is 12.2 Å². The van der Waals surface area contributed by atoms with Crippen LogP contribution in [-0.2, 0) is 4.74 Å². The van der Waals surface area contributed by atoms with E-state index < -0.39 is 0 Å². The molecule has 1 aromatic heterocycles. The van der Waals surface area contributed by atoms with Crippen molar-refractivity contribution in [3.05, 3.63) is 22.4 Å². The van der Waals surface area contributed by atoms with E-state index in [1.807, 2.05) is 0 Å². The summed E-state index contributed by atoms with van der Waals surface area (Å²) in [5, 5.41) is 2.98. The van der Waals surface area contributed by atoms with E-state index in [-0.39, 0.29) is 11.4 Å². The Morgan fingerprint density at radius 2 is 2.21 bits per heavy atom. The highest BCUT2D eigenvalue weighted by Gasteiger charge is 2.28. The van der Waals surface area contributed by atoms with E-state index in [1.165, 1.54) is 0 Å². The number of morpholine rings is 1. The minimum Gasteiger partial charge on any atom is -0.379 e. The lowest BCUT2D eigenvalue weighted by Crippen LogP contribution is -2.55. The maximum Gasteiger partial charge on any atom is 0.267 e. The van der Waals surface area contributed by atoms with Gasteiger partial charge in [-0.3, -0.25) is 9.69 Å². The van der Waals surface area contributed by atoms with Crippen LogP contribution >= 0.6 is 15.9 Å². The molecule has 0 radical (unpaired) electrons. The van der Waals surface area contributed by atoms with Gasteiger partial charge in [0.1, 0.15) is 5.69 Å². The summed E-state index contributed by atoms with van der Waals surface area (Å²) in [6, 6.07) is 1.77. The third-order valence-electron chi connectivity index (χ3n) is 3.44. The second kappa shape index (κ2) is 6.07. The number of hydrogen-bond acceptors (Lipinski definition) is 3. The first-order chi connectivity index (χ1) is 8.99. The second-order valence-electron chi connectivity index (χ2n) is 5.33. The molecule has 1 aliphatic rings. The predicted molar refractivity (Wildman–Crippen MR) is 77.3 cm³/mol. The molecule has 1 saturated heterocycles. The average molecular weight is 330 g/mol. The molecular weight excluding hydrogens is 310 g/mol. The quantitative estimate of drug-likeness (QED) is 0.882. The van der Waals surface area contributed by atoms with Crippen LogP contribution in [-0.4, -0.2) is 54.2 Å². The minimum atomic E-state index is -0.0768. The van der Waals surface area contributed by atoms with Crippen molar-refractivity contribution in [2.24, 2.45) is 0 Å². The topological polar surface area (TPSA) is 57.4 Å². The summed E-state index contributed by atoms with van der Waals surface area (Å²) < 4.78 is 6.23. The molecule has 0 aromatic carbocycles. The Morgan fingerprint density at radius 3 is 2.79 bits per heavy atom. The van der Waals surface area contributed by atoms with E-state index in [2.05, 4.69) is 45.0 Å². The highest BCUT2D eigenvalue weighted by molar-refractivity contribution is 9.10. The lowest BCUT2D eigenvalue weighted by Gasteiger charge is -2.40. The SMILES string of the molecule is CC(C)(CNC(=O)c1cc(Br)c[nH]1)N1CCOCC1. The van der Waals surface area contributed by atoms with E-state index in [4.69, 9.17) is 4.74 Å². The smallest absolute Gasteiger partial charge is 0.267 e. The number of ether oxygens (including phenoxy) is 1. The molecule has 0 bridgehead atoms. The molecule has 0 saturated carbocycles. The van der Waals surface area contributed by atoms with Gasteiger partial charge in [0.15, 0.2) is 0 Å². The number of carbonyl (C=O) groups excluding carboxylic acids is 1. The van der Waals surface area contributed by atoms with Crippen LogP contribution in [0.1, 0.15) is 24.3 Å². The zero-order chi connectivity index (χ0) is 13.9. The molecule has 1 aromatic rings. The summed E-state index contributed by atoms with van der Waals surface area (Å²) >= 11 is 3.32. The fourth-order valence-electron chi connectivity index (χ4n) is 2.17. The van der Waals surface area contributed by atoms with Crippen molar-refractivity contribution >= 4 is 21.8 Å². The molecule has 1 amide bonds. The van der Waals surface area contributed by atoms with Gasteiger partial charge in [-0.05, 0) is 35.8 Å². The van der Waals surface area contributed by atoms with Crippen LogP contribution in [0.5, 0.6) is 0 Å². The van der Waals surface area contributed by atoms with Gasteiger partial charge < -0.3 is 15.0 Å². The van der Waals surface area contributed by atoms with Gasteiger partial charge in [0.2, 0.25) is 0 Å². The van der Waals surface area contributed by atoms with E-state index in [1.54, 1.807) is 12.3 Å². The van der Waals surface area contributed by atoms with Crippen molar-refractivity contribution in [2.75, 3.05) is 32.8 Å². The Morgan fingerprint density at radius 1 is 1.53 bits per heavy atom. The molecule has 5 nitrogen and oxygen atoms in total. The number of nitrogens with zero attached hydrogens (tertiary/aromatic N) is 1. The van der Waals surface area contributed by atoms with Gasteiger partial charge in [0, 0.05) is 35.8 Å². The van der Waals surface area contributed by atoms with Gasteiger partial charge in [0.25, 0.3) is 5.91 Å². The van der Waals surface area contributed by atoms with Gasteiger partial charge in [0.05, 0.1) is 13.2 Å². The molecule has 0 aliphatic carbocycles. The second-order valence-corrected chi connectivity index (χ2v) is 6.24. The fourth-order valence-corrected chi connectivity index (χ4v) is 2.51. The van der Waals surface area contributed by atoms with Crippen molar-refractivity contribution < 1.29 is 9.53 Å². The van der Waals surface area contributed by atoms with Gasteiger partial charge >= 0.3 is 0 Å². The van der Waals surface area contributed by atoms with Crippen LogP contribution in [0.2, 0.25) is 0 Å². The average Bonchev–Trinajstić information content (AvgIpc) is 2.84. The summed E-state index contributed by atoms with van der Waals surface area (Å²) in [5.74, 6) is -0.0768. The first kappa shape index (κ1) is 14.6. The Bertz CT molecular complexity index is 439. The summed E-state index contributed by atoms with van der Waals surface area (Å²) in [5.41, 5.74) is 0.508. The number of halogens is 1. The van der Waals surface area contributed by atoms with Gasteiger partial charge in [-0.15, -0.1) is 0 Å². The number of carbonyl (C=O) groups is 1. The van der Waals surface area contributed by atoms with Gasteiger partial charge in [-0.1, -0.05) is 0 Å². The lowest BCUT2D eigenvalue weighted by atomic mass is 10.0. The largest absolute Gasteiger partial charge is 0.379 e. The maximum absolute atomic E-state index is 12.0. The van der Waals surface area contributed by atoms with Crippen LogP contribution in [0.25, 0.3) is 0 Å². The number of aromatic nitrogens is 1. The standard InChI is InChI=1S/C13H20BrN3O2/c1-13(2,17-3-5-19-6-4-17)9-16-12(18)11-7-10(14)8-15-11/h7-8,15H,3-6,9H2,1-2H3,(H,16,18). The fraction of sp³-hybridized carbons (Fsp3) is 0.615. The molecule has 2 heterocycles. The van der Waals surface area contributed by atoms with Crippen molar-refractivity contribution in [1.82, 2.24) is 15.2 Å². The molecule has 106 valence electrons. The third kappa shape index (κ3) is 3.81. The highest BCUT2D eigenvalue weighted by atomic mass is 79.9. The number of amides is 1. The Labute approximate surface area is 121 Å². The van der Waals surface area contributed by atoms with Crippen molar-refractivity contribution in [3.63, 3.8) is 0 Å². The Kier molecular flexibility index (Phi) is 4.65. The van der Waals surface area contributed by atoms with Crippen LogP contribution in [0, 0.1) is 0 Å². The zero-order valence-corrected chi connectivity index (χ0v) is 12.9. The molecule has 1 fully saturated rings. The normalized spacial score (nSPS) is 17.4. The third-order valence-corrected chi connectivity index (χ3v) is 3.90. The van der Waals surface area contributed by atoms with Crippen LogP contribution in [0.15, 0.2) is 16.7 Å². The lowest BCUT2D eigenvalue weighted by molar-refractivity contribution is -0.00924. The Hall–Kier alpha value is -0.850. The van der Waals surface area contributed by atoms with Crippen molar-refractivity contribution in [1.29, 1.82) is 0 Å². The molecule has 19 heavy (non-hydrogen) atoms. The van der Waals surface area contributed by atoms with Gasteiger partial charge in [-0.2, -0.15) is 0 Å². The maximum atomic E-state index is 12.0. The van der Waals surface area contributed by atoms with Crippen LogP contribution in [0.4, 0.5) is 0 Å². The number of hydrogen-bond donors (Lipinski definition) is 2. The summed E-state index contributed by atoms with van der Waals surface area (Å²) in [4.78, 5) is 17.3. The molecule has 2 N–H and O–H groups in total. The molecule has 2 rings (SSSR count). The van der Waals surface area contributed by atoms with Crippen LogP contribution in [0.3, 0.4) is 0 Å². The Balaban J connectivity index is 1.88. The molecule has 0 spiro atoms. The van der Waals surface area contributed by atoms with Crippen molar-refractivity contribution in [3.8, 4) is 0 Å². The molecule has 6 heteroatoms. The van der Waals surface area contributed by atoms with E-state index in [9.17, 15) is 4.79 Å². The number of H-pyrrole nitrogens is 1. The predicted octanol–water partition coefficient (Wildman–Crippen LogP) is 1.62. The highest BCUT2D eigenvalue weighted by Crippen LogP contribution is 2.16. The number of nitrogens with one attached hydrogen (secondary N) is 2.